The molecular weight excluding hydrogens is 557 g/mol. The lowest BCUT2D eigenvalue weighted by Gasteiger charge is -2.36. The first-order chi connectivity index (χ1) is 19.9. The van der Waals surface area contributed by atoms with Crippen molar-refractivity contribution in [1.29, 1.82) is 0 Å². The maximum Gasteiger partial charge on any atom is 0.265 e. The number of nitrogens with zero attached hydrogens (tertiary/aromatic N) is 3. The van der Waals surface area contributed by atoms with E-state index >= 15 is 0 Å². The first-order valence-corrected chi connectivity index (χ1v) is 14.6. The minimum absolute atomic E-state index is 0.00235. The Bertz CT molecular complexity index is 1620. The van der Waals surface area contributed by atoms with Gasteiger partial charge in [-0.05, 0) is 71.8 Å². The molecule has 2 amide bonds. The zero-order valence-corrected chi connectivity index (χ0v) is 23.7. The zero-order chi connectivity index (χ0) is 28.3. The summed E-state index contributed by atoms with van der Waals surface area (Å²) in [6, 6.07) is 29.2. The maximum atomic E-state index is 13.6. The molecule has 1 fully saturated rings. The van der Waals surface area contributed by atoms with Crippen molar-refractivity contribution < 1.29 is 14.0 Å². The molecule has 41 heavy (non-hydrogen) atoms. The predicted octanol–water partition coefficient (Wildman–Crippen LogP) is 7.12. The smallest absolute Gasteiger partial charge is 0.265 e. The van der Waals surface area contributed by atoms with Gasteiger partial charge >= 0.3 is 0 Å². The Morgan fingerprint density at radius 2 is 1.61 bits per heavy atom. The summed E-state index contributed by atoms with van der Waals surface area (Å²) in [4.78, 5) is 34.2. The summed E-state index contributed by atoms with van der Waals surface area (Å²) in [6.07, 6.45) is 1.86. The third-order valence-corrected chi connectivity index (χ3v) is 8.59. The molecule has 5 nitrogen and oxygen atoms in total. The SMILES string of the molecule is O=C(c1ccc(C=C2Sc3ccccc3N(Cc3ccc(F)cc3)C2=O)cc1)N1CCN(c2cccc(Cl)c2)CC1. The normalized spacial score (nSPS) is 16.2. The number of carbonyl (C=O) groups excluding carboxylic acids is 2. The van der Waals surface area contributed by atoms with E-state index < -0.39 is 0 Å². The van der Waals surface area contributed by atoms with Gasteiger partial charge in [-0.2, -0.15) is 0 Å². The van der Waals surface area contributed by atoms with Crippen molar-refractivity contribution in [2.45, 2.75) is 11.4 Å². The van der Waals surface area contributed by atoms with Crippen LogP contribution in [0.1, 0.15) is 21.5 Å². The van der Waals surface area contributed by atoms with Gasteiger partial charge in [0, 0.05) is 47.3 Å². The third kappa shape index (κ3) is 6.01. The van der Waals surface area contributed by atoms with E-state index in [-0.39, 0.29) is 17.6 Å². The predicted molar refractivity (Wildman–Crippen MR) is 164 cm³/mol. The van der Waals surface area contributed by atoms with E-state index in [2.05, 4.69) is 4.90 Å². The number of carbonyl (C=O) groups is 2. The van der Waals surface area contributed by atoms with Crippen LogP contribution in [0.3, 0.4) is 0 Å². The van der Waals surface area contributed by atoms with E-state index in [0.717, 1.165) is 40.5 Å². The Kier molecular flexibility index (Phi) is 7.81. The number of halogens is 2. The van der Waals surface area contributed by atoms with Crippen molar-refractivity contribution in [1.82, 2.24) is 4.90 Å². The lowest BCUT2D eigenvalue weighted by Crippen LogP contribution is -2.48. The Morgan fingerprint density at radius 1 is 0.878 bits per heavy atom. The molecule has 4 aromatic rings. The molecule has 0 atom stereocenters. The standard InChI is InChI=1S/C33H27ClFN3O2S/c34-26-4-3-5-28(21-26)36-16-18-37(19-17-36)32(39)25-12-8-23(9-13-25)20-31-33(40)38(22-24-10-14-27(35)15-11-24)29-6-1-2-7-30(29)41-31/h1-15,20-21H,16-19,22H2. The number of para-hydroxylation sites is 1. The number of amides is 2. The van der Waals surface area contributed by atoms with Gasteiger partial charge in [0.25, 0.3) is 11.8 Å². The molecule has 8 heteroatoms. The molecule has 2 heterocycles. The van der Waals surface area contributed by atoms with Gasteiger partial charge < -0.3 is 14.7 Å². The van der Waals surface area contributed by atoms with Crippen LogP contribution in [0.5, 0.6) is 0 Å². The minimum Gasteiger partial charge on any atom is -0.368 e. The van der Waals surface area contributed by atoms with Gasteiger partial charge in [0.2, 0.25) is 0 Å². The van der Waals surface area contributed by atoms with Crippen LogP contribution in [0.2, 0.25) is 5.02 Å². The molecule has 206 valence electrons. The Labute approximate surface area is 247 Å². The molecule has 0 spiro atoms. The second-order valence-electron chi connectivity index (χ2n) is 9.98. The highest BCUT2D eigenvalue weighted by molar-refractivity contribution is 8.04. The van der Waals surface area contributed by atoms with Gasteiger partial charge in [0.05, 0.1) is 17.1 Å². The molecule has 0 aromatic heterocycles. The van der Waals surface area contributed by atoms with Gasteiger partial charge in [0.15, 0.2) is 0 Å². The number of fused-ring (bicyclic) bond motifs is 1. The maximum absolute atomic E-state index is 13.6. The van der Waals surface area contributed by atoms with E-state index in [4.69, 9.17) is 11.6 Å². The van der Waals surface area contributed by atoms with E-state index in [1.807, 2.05) is 83.8 Å². The Morgan fingerprint density at radius 3 is 2.34 bits per heavy atom. The van der Waals surface area contributed by atoms with Crippen LogP contribution in [-0.4, -0.2) is 42.9 Å². The van der Waals surface area contributed by atoms with Gasteiger partial charge in [0.1, 0.15) is 5.82 Å². The molecule has 4 aromatic carbocycles. The van der Waals surface area contributed by atoms with Crippen LogP contribution >= 0.6 is 23.4 Å². The highest BCUT2D eigenvalue weighted by atomic mass is 35.5. The lowest BCUT2D eigenvalue weighted by atomic mass is 10.1. The van der Waals surface area contributed by atoms with E-state index in [0.29, 0.717) is 35.1 Å². The quantitative estimate of drug-likeness (QED) is 0.235. The van der Waals surface area contributed by atoms with Gasteiger partial charge in [-0.1, -0.05) is 65.8 Å². The zero-order valence-electron chi connectivity index (χ0n) is 22.2. The summed E-state index contributed by atoms with van der Waals surface area (Å²) >= 11 is 7.57. The fraction of sp³-hybridized carbons (Fsp3) is 0.152. The number of hydrogen-bond acceptors (Lipinski definition) is 4. The molecular formula is C33H27ClFN3O2S. The average molecular weight is 584 g/mol. The number of benzene rings is 4. The number of rotatable bonds is 5. The van der Waals surface area contributed by atoms with Crippen LogP contribution < -0.4 is 9.80 Å². The van der Waals surface area contributed by atoms with Crippen molar-refractivity contribution in [3.63, 3.8) is 0 Å². The minimum atomic E-state index is -0.308. The largest absolute Gasteiger partial charge is 0.368 e. The fourth-order valence-electron chi connectivity index (χ4n) is 5.09. The molecule has 0 radical (unpaired) electrons. The summed E-state index contributed by atoms with van der Waals surface area (Å²) in [7, 11) is 0. The first kappa shape index (κ1) is 27.1. The Hall–Kier alpha value is -4.07. The van der Waals surface area contributed by atoms with Crippen molar-refractivity contribution in [3.8, 4) is 0 Å². The highest BCUT2D eigenvalue weighted by Gasteiger charge is 2.29. The molecule has 0 saturated carbocycles. The van der Waals surface area contributed by atoms with Crippen molar-refractivity contribution in [3.05, 3.63) is 129 Å². The van der Waals surface area contributed by atoms with Crippen molar-refractivity contribution in [2.75, 3.05) is 36.0 Å². The van der Waals surface area contributed by atoms with Gasteiger partial charge in [-0.15, -0.1) is 0 Å². The first-order valence-electron chi connectivity index (χ1n) is 13.4. The third-order valence-electron chi connectivity index (χ3n) is 7.28. The monoisotopic (exact) mass is 583 g/mol. The second-order valence-corrected chi connectivity index (χ2v) is 11.5. The topological polar surface area (TPSA) is 43.9 Å². The molecule has 0 N–H and O–H groups in total. The van der Waals surface area contributed by atoms with Crippen LogP contribution in [0, 0.1) is 5.82 Å². The summed E-state index contributed by atoms with van der Waals surface area (Å²) in [5.74, 6) is -0.426. The summed E-state index contributed by atoms with van der Waals surface area (Å²) in [5, 5.41) is 0.703. The lowest BCUT2D eigenvalue weighted by molar-refractivity contribution is -0.114. The number of thioether (sulfide) groups is 1. The number of hydrogen-bond donors (Lipinski definition) is 0. The van der Waals surface area contributed by atoms with Crippen LogP contribution in [-0.2, 0) is 11.3 Å². The summed E-state index contributed by atoms with van der Waals surface area (Å²) in [5.41, 5.74) is 4.20. The van der Waals surface area contributed by atoms with Crippen LogP contribution in [0.25, 0.3) is 6.08 Å². The Balaban J connectivity index is 1.15. The van der Waals surface area contributed by atoms with Crippen LogP contribution in [0.4, 0.5) is 15.8 Å². The second kappa shape index (κ2) is 11.8. The summed E-state index contributed by atoms with van der Waals surface area (Å²) < 4.78 is 13.4. The van der Waals surface area contributed by atoms with E-state index in [9.17, 15) is 14.0 Å². The highest BCUT2D eigenvalue weighted by Crippen LogP contribution is 2.42. The van der Waals surface area contributed by atoms with E-state index in [1.165, 1.54) is 23.9 Å². The molecule has 2 aliphatic rings. The van der Waals surface area contributed by atoms with E-state index in [1.54, 1.807) is 17.0 Å². The fourth-order valence-corrected chi connectivity index (χ4v) is 6.33. The molecule has 0 aliphatic carbocycles. The number of piperazine rings is 1. The molecule has 2 aliphatic heterocycles. The van der Waals surface area contributed by atoms with Gasteiger partial charge in [-0.3, -0.25) is 9.59 Å². The molecule has 6 rings (SSSR count). The average Bonchev–Trinajstić information content (AvgIpc) is 3.00. The van der Waals surface area contributed by atoms with Gasteiger partial charge in [-0.25, -0.2) is 4.39 Å². The molecule has 0 unspecified atom stereocenters. The van der Waals surface area contributed by atoms with Crippen molar-refractivity contribution in [2.24, 2.45) is 0 Å². The number of anilines is 2. The molecule has 0 bridgehead atoms. The van der Waals surface area contributed by atoms with Crippen LogP contribution in [0.15, 0.2) is 107 Å². The van der Waals surface area contributed by atoms with Crippen molar-refractivity contribution >= 4 is 52.6 Å². The summed E-state index contributed by atoms with van der Waals surface area (Å²) in [6.45, 7) is 3.08. The molecule has 1 saturated heterocycles.